The summed E-state index contributed by atoms with van der Waals surface area (Å²) < 4.78 is 14.6. The van der Waals surface area contributed by atoms with Crippen LogP contribution in [0.1, 0.15) is 21.6 Å². The summed E-state index contributed by atoms with van der Waals surface area (Å²) in [5.41, 5.74) is 6.99. The molecule has 6 nitrogen and oxygen atoms in total. The summed E-state index contributed by atoms with van der Waals surface area (Å²) in [6, 6.07) is 12.6. The number of halogens is 2. The molecule has 3 aromatic rings. The number of hydrazine groups is 1. The van der Waals surface area contributed by atoms with Crippen molar-refractivity contribution < 1.29 is 14.0 Å². The molecule has 0 aliphatic heterocycles. The molecule has 2 aromatic carbocycles. The first kappa shape index (κ1) is 18.6. The Morgan fingerprint density at radius 1 is 1.07 bits per heavy atom. The number of amides is 2. The molecule has 1 heterocycles. The third-order valence-corrected chi connectivity index (χ3v) is 4.17. The molecule has 2 N–H and O–H groups in total. The number of carbonyl (C=O) groups excluding carboxylic acids is 2. The SMILES string of the molecule is Cc1c(C(=O)NNC(=O)Cc2ccc(Cl)cc2)cnn1-c1ccc(F)cc1. The van der Waals surface area contributed by atoms with Gasteiger partial charge in [-0.3, -0.25) is 20.4 Å². The number of nitrogens with zero attached hydrogens (tertiary/aromatic N) is 2. The van der Waals surface area contributed by atoms with Gasteiger partial charge in [-0.15, -0.1) is 0 Å². The summed E-state index contributed by atoms with van der Waals surface area (Å²) in [5, 5.41) is 4.73. The number of hydrogen-bond donors (Lipinski definition) is 2. The minimum Gasteiger partial charge on any atom is -0.273 e. The van der Waals surface area contributed by atoms with E-state index in [-0.39, 0.29) is 18.1 Å². The van der Waals surface area contributed by atoms with Crippen molar-refractivity contribution in [3.05, 3.63) is 82.4 Å². The average molecular weight is 387 g/mol. The van der Waals surface area contributed by atoms with Gasteiger partial charge in [0.25, 0.3) is 5.91 Å². The zero-order valence-electron chi connectivity index (χ0n) is 14.4. The first-order valence-corrected chi connectivity index (χ1v) is 8.46. The fourth-order valence-electron chi connectivity index (χ4n) is 2.50. The molecular formula is C19H16ClFN4O2. The summed E-state index contributed by atoms with van der Waals surface area (Å²) in [4.78, 5) is 24.3. The largest absolute Gasteiger partial charge is 0.273 e. The van der Waals surface area contributed by atoms with Gasteiger partial charge in [-0.2, -0.15) is 5.10 Å². The van der Waals surface area contributed by atoms with Crippen molar-refractivity contribution in [2.45, 2.75) is 13.3 Å². The Morgan fingerprint density at radius 3 is 2.41 bits per heavy atom. The number of benzene rings is 2. The van der Waals surface area contributed by atoms with Crippen LogP contribution in [0, 0.1) is 12.7 Å². The lowest BCUT2D eigenvalue weighted by molar-refractivity contribution is -0.121. The Kier molecular flexibility index (Phi) is 5.52. The molecule has 0 saturated heterocycles. The van der Waals surface area contributed by atoms with Crippen LogP contribution in [0.2, 0.25) is 5.02 Å². The highest BCUT2D eigenvalue weighted by Gasteiger charge is 2.16. The molecule has 0 atom stereocenters. The van der Waals surface area contributed by atoms with E-state index in [9.17, 15) is 14.0 Å². The van der Waals surface area contributed by atoms with Gasteiger partial charge in [-0.1, -0.05) is 23.7 Å². The van der Waals surface area contributed by atoms with E-state index >= 15 is 0 Å². The minimum atomic E-state index is -0.495. The van der Waals surface area contributed by atoms with E-state index in [0.717, 1.165) is 5.56 Å². The van der Waals surface area contributed by atoms with Crippen LogP contribution in [0.5, 0.6) is 0 Å². The van der Waals surface area contributed by atoms with E-state index in [1.165, 1.54) is 23.0 Å². The van der Waals surface area contributed by atoms with Crippen LogP contribution in [0.25, 0.3) is 5.69 Å². The van der Waals surface area contributed by atoms with Crippen LogP contribution >= 0.6 is 11.6 Å². The average Bonchev–Trinajstić information content (AvgIpc) is 3.04. The van der Waals surface area contributed by atoms with E-state index in [2.05, 4.69) is 16.0 Å². The molecule has 27 heavy (non-hydrogen) atoms. The molecule has 0 saturated carbocycles. The molecular weight excluding hydrogens is 371 g/mol. The molecule has 0 radical (unpaired) electrons. The van der Waals surface area contributed by atoms with Gasteiger partial charge in [0, 0.05) is 5.02 Å². The zero-order chi connectivity index (χ0) is 19.4. The van der Waals surface area contributed by atoms with E-state index in [4.69, 9.17) is 11.6 Å². The van der Waals surface area contributed by atoms with Crippen molar-refractivity contribution in [1.82, 2.24) is 20.6 Å². The first-order chi connectivity index (χ1) is 12.9. The van der Waals surface area contributed by atoms with E-state index in [0.29, 0.717) is 22.0 Å². The third kappa shape index (κ3) is 4.51. The molecule has 3 rings (SSSR count). The lowest BCUT2D eigenvalue weighted by Gasteiger charge is -2.08. The molecule has 0 spiro atoms. The molecule has 138 valence electrons. The Morgan fingerprint density at radius 2 is 1.74 bits per heavy atom. The van der Waals surface area contributed by atoms with Crippen LogP contribution in [0.4, 0.5) is 4.39 Å². The molecule has 2 amide bonds. The van der Waals surface area contributed by atoms with Crippen molar-refractivity contribution in [2.75, 3.05) is 0 Å². The number of carbonyl (C=O) groups is 2. The Labute approximate surface area is 159 Å². The minimum absolute atomic E-state index is 0.102. The van der Waals surface area contributed by atoms with E-state index in [1.54, 1.807) is 43.3 Å². The molecule has 8 heteroatoms. The van der Waals surface area contributed by atoms with Crippen LogP contribution < -0.4 is 10.9 Å². The smallest absolute Gasteiger partial charge is 0.273 e. The van der Waals surface area contributed by atoms with Crippen LogP contribution in [-0.4, -0.2) is 21.6 Å². The van der Waals surface area contributed by atoms with Crippen molar-refractivity contribution in [1.29, 1.82) is 0 Å². The van der Waals surface area contributed by atoms with E-state index < -0.39 is 5.91 Å². The lowest BCUT2D eigenvalue weighted by atomic mass is 10.1. The standard InChI is InChI=1S/C19H16ClFN4O2/c1-12-17(11-22-25(12)16-8-6-15(21)7-9-16)19(27)24-23-18(26)10-13-2-4-14(20)5-3-13/h2-9,11H,10H2,1H3,(H,23,26)(H,24,27). The van der Waals surface area contributed by atoms with E-state index in [1.807, 2.05) is 0 Å². The molecule has 1 aromatic heterocycles. The van der Waals surface area contributed by atoms with Gasteiger partial charge < -0.3 is 0 Å². The number of aromatic nitrogens is 2. The lowest BCUT2D eigenvalue weighted by Crippen LogP contribution is -2.42. The monoisotopic (exact) mass is 386 g/mol. The highest BCUT2D eigenvalue weighted by atomic mass is 35.5. The Bertz CT molecular complexity index is 968. The Balaban J connectivity index is 1.62. The molecule has 0 unspecified atom stereocenters. The zero-order valence-corrected chi connectivity index (χ0v) is 15.1. The topological polar surface area (TPSA) is 76.0 Å². The molecule has 0 aliphatic rings. The van der Waals surface area contributed by atoms with Gasteiger partial charge in [-0.25, -0.2) is 9.07 Å². The molecule has 0 fully saturated rings. The highest BCUT2D eigenvalue weighted by molar-refractivity contribution is 6.30. The number of hydrogen-bond acceptors (Lipinski definition) is 3. The number of nitrogens with one attached hydrogen (secondary N) is 2. The summed E-state index contributed by atoms with van der Waals surface area (Å²) in [6.07, 6.45) is 1.49. The summed E-state index contributed by atoms with van der Waals surface area (Å²) >= 11 is 5.80. The molecule has 0 aliphatic carbocycles. The summed E-state index contributed by atoms with van der Waals surface area (Å²) in [6.45, 7) is 1.71. The normalized spacial score (nSPS) is 10.5. The Hall–Kier alpha value is -3.19. The fraction of sp³-hybridized carbons (Fsp3) is 0.105. The van der Waals surface area contributed by atoms with Gasteiger partial charge in [0.1, 0.15) is 5.82 Å². The quantitative estimate of drug-likeness (QED) is 0.677. The second-order valence-corrected chi connectivity index (χ2v) is 6.27. The van der Waals surface area contributed by atoms with Crippen molar-refractivity contribution in [3.63, 3.8) is 0 Å². The van der Waals surface area contributed by atoms with Crippen molar-refractivity contribution in [2.24, 2.45) is 0 Å². The maximum absolute atomic E-state index is 13.0. The second-order valence-electron chi connectivity index (χ2n) is 5.84. The van der Waals surface area contributed by atoms with Crippen LogP contribution in [0.3, 0.4) is 0 Å². The summed E-state index contributed by atoms with van der Waals surface area (Å²) in [7, 11) is 0. The van der Waals surface area contributed by atoms with Gasteiger partial charge in [-0.05, 0) is 48.9 Å². The number of rotatable bonds is 4. The molecule has 0 bridgehead atoms. The maximum Gasteiger partial charge on any atom is 0.273 e. The predicted molar refractivity (Wildman–Crippen MR) is 99.0 cm³/mol. The maximum atomic E-state index is 13.0. The van der Waals surface area contributed by atoms with Crippen LogP contribution in [0.15, 0.2) is 54.7 Å². The first-order valence-electron chi connectivity index (χ1n) is 8.08. The van der Waals surface area contributed by atoms with Gasteiger partial charge in [0.15, 0.2) is 0 Å². The van der Waals surface area contributed by atoms with Crippen molar-refractivity contribution >= 4 is 23.4 Å². The van der Waals surface area contributed by atoms with Crippen LogP contribution in [-0.2, 0) is 11.2 Å². The van der Waals surface area contributed by atoms with Gasteiger partial charge >= 0.3 is 0 Å². The fourth-order valence-corrected chi connectivity index (χ4v) is 2.63. The van der Waals surface area contributed by atoms with Gasteiger partial charge in [0.2, 0.25) is 5.91 Å². The summed E-state index contributed by atoms with van der Waals surface area (Å²) in [5.74, 6) is -1.22. The predicted octanol–water partition coefficient (Wildman–Crippen LogP) is 2.98. The third-order valence-electron chi connectivity index (χ3n) is 3.92. The highest BCUT2D eigenvalue weighted by Crippen LogP contribution is 2.14. The van der Waals surface area contributed by atoms with Gasteiger partial charge in [0.05, 0.1) is 29.6 Å². The second kappa shape index (κ2) is 8.01. The van der Waals surface area contributed by atoms with Crippen molar-refractivity contribution in [3.8, 4) is 5.69 Å².